The Bertz CT molecular complexity index is 639. The molecule has 2 rings (SSSR count). The second-order valence-corrected chi connectivity index (χ2v) is 5.59. The third-order valence-corrected chi connectivity index (χ3v) is 3.72. The summed E-state index contributed by atoms with van der Waals surface area (Å²) in [5.41, 5.74) is 6.18. The second kappa shape index (κ2) is 8.09. The molecule has 0 spiro atoms. The van der Waals surface area contributed by atoms with Crippen molar-refractivity contribution in [2.24, 2.45) is 5.73 Å². The topological polar surface area (TPSA) is 76.3 Å². The quantitative estimate of drug-likeness (QED) is 0.795. The van der Waals surface area contributed by atoms with Gasteiger partial charge in [-0.15, -0.1) is 11.3 Å². The zero-order valence-corrected chi connectivity index (χ0v) is 12.8. The van der Waals surface area contributed by atoms with Gasteiger partial charge in [-0.25, -0.2) is 4.98 Å². The van der Waals surface area contributed by atoms with Gasteiger partial charge in [0.2, 0.25) is 11.8 Å². The predicted molar refractivity (Wildman–Crippen MR) is 86.8 cm³/mol. The summed E-state index contributed by atoms with van der Waals surface area (Å²) in [4.78, 5) is 29.0. The fraction of sp³-hybridized carbons (Fsp3) is 0.188. The van der Waals surface area contributed by atoms with Gasteiger partial charge in [0.05, 0.1) is 0 Å². The molecule has 1 aromatic carbocycles. The standard InChI is InChI=1S/C16H17N3O2S/c17-14(20)8-10-19(12-13-4-2-1-3-5-13)16(21)7-6-15-18-9-11-22-15/h1-7,9,11H,8,10,12H2,(H2,17,20)/b7-6+. The van der Waals surface area contributed by atoms with Crippen LogP contribution in [0.4, 0.5) is 0 Å². The van der Waals surface area contributed by atoms with E-state index in [4.69, 9.17) is 5.73 Å². The molecule has 0 saturated heterocycles. The number of carbonyl (C=O) groups is 2. The maximum Gasteiger partial charge on any atom is 0.246 e. The Balaban J connectivity index is 2.05. The largest absolute Gasteiger partial charge is 0.370 e. The van der Waals surface area contributed by atoms with Crippen LogP contribution < -0.4 is 5.73 Å². The molecule has 22 heavy (non-hydrogen) atoms. The van der Waals surface area contributed by atoms with Gasteiger partial charge in [-0.3, -0.25) is 9.59 Å². The first-order chi connectivity index (χ1) is 10.6. The van der Waals surface area contributed by atoms with Crippen molar-refractivity contribution < 1.29 is 9.59 Å². The van der Waals surface area contributed by atoms with E-state index in [9.17, 15) is 9.59 Å². The molecule has 0 fully saturated rings. The summed E-state index contributed by atoms with van der Waals surface area (Å²) < 4.78 is 0. The van der Waals surface area contributed by atoms with Crippen molar-refractivity contribution in [3.8, 4) is 0 Å². The Hall–Kier alpha value is -2.47. The van der Waals surface area contributed by atoms with E-state index in [1.165, 1.54) is 17.4 Å². The average Bonchev–Trinajstić information content (AvgIpc) is 3.03. The van der Waals surface area contributed by atoms with Crippen LogP contribution in [0, 0.1) is 0 Å². The molecule has 1 heterocycles. The van der Waals surface area contributed by atoms with Crippen LogP contribution in [0.2, 0.25) is 0 Å². The van der Waals surface area contributed by atoms with E-state index in [-0.39, 0.29) is 12.3 Å². The molecule has 0 aliphatic heterocycles. The minimum atomic E-state index is -0.422. The van der Waals surface area contributed by atoms with E-state index in [0.717, 1.165) is 10.6 Å². The lowest BCUT2D eigenvalue weighted by Crippen LogP contribution is -2.32. The molecule has 0 unspecified atom stereocenters. The van der Waals surface area contributed by atoms with E-state index in [1.807, 2.05) is 35.7 Å². The number of primary amides is 1. The third kappa shape index (κ3) is 5.14. The highest BCUT2D eigenvalue weighted by molar-refractivity contribution is 7.10. The molecule has 1 aromatic heterocycles. The highest BCUT2D eigenvalue weighted by atomic mass is 32.1. The minimum Gasteiger partial charge on any atom is -0.370 e. The number of rotatable bonds is 7. The first-order valence-corrected chi connectivity index (χ1v) is 7.72. The zero-order valence-electron chi connectivity index (χ0n) is 12.0. The average molecular weight is 315 g/mol. The van der Waals surface area contributed by atoms with Crippen molar-refractivity contribution in [1.82, 2.24) is 9.88 Å². The number of thiazole rings is 1. The molecule has 0 bridgehead atoms. The van der Waals surface area contributed by atoms with Crippen molar-refractivity contribution in [1.29, 1.82) is 0 Å². The van der Waals surface area contributed by atoms with Crippen LogP contribution in [0.3, 0.4) is 0 Å². The molecule has 2 amide bonds. The number of nitrogens with two attached hydrogens (primary N) is 1. The molecule has 0 aliphatic carbocycles. The molecule has 2 N–H and O–H groups in total. The highest BCUT2D eigenvalue weighted by Gasteiger charge is 2.12. The van der Waals surface area contributed by atoms with E-state index >= 15 is 0 Å². The molecular formula is C16H17N3O2S. The van der Waals surface area contributed by atoms with Gasteiger partial charge in [0.25, 0.3) is 0 Å². The predicted octanol–water partition coefficient (Wildman–Crippen LogP) is 2.06. The van der Waals surface area contributed by atoms with Crippen molar-refractivity contribution in [3.05, 3.63) is 58.6 Å². The van der Waals surface area contributed by atoms with E-state index in [0.29, 0.717) is 13.1 Å². The number of nitrogens with zero attached hydrogens (tertiary/aromatic N) is 2. The molecule has 2 aromatic rings. The number of amides is 2. The monoisotopic (exact) mass is 315 g/mol. The van der Waals surface area contributed by atoms with Crippen molar-refractivity contribution in [2.75, 3.05) is 6.54 Å². The molecule has 0 saturated carbocycles. The number of hydrogen-bond donors (Lipinski definition) is 1. The van der Waals surface area contributed by atoms with E-state index in [2.05, 4.69) is 4.98 Å². The Labute approximate surface area is 133 Å². The Morgan fingerprint density at radius 1 is 1.27 bits per heavy atom. The lowest BCUT2D eigenvalue weighted by Gasteiger charge is -2.20. The summed E-state index contributed by atoms with van der Waals surface area (Å²) >= 11 is 1.46. The third-order valence-electron chi connectivity index (χ3n) is 2.98. The number of carbonyl (C=O) groups excluding carboxylic acids is 2. The number of aromatic nitrogens is 1. The molecule has 114 valence electrons. The summed E-state index contributed by atoms with van der Waals surface area (Å²) in [6.45, 7) is 0.737. The first kappa shape index (κ1) is 15.9. The highest BCUT2D eigenvalue weighted by Crippen LogP contribution is 2.09. The molecular weight excluding hydrogens is 298 g/mol. The van der Waals surface area contributed by atoms with Crippen LogP contribution in [-0.2, 0) is 16.1 Å². The zero-order chi connectivity index (χ0) is 15.8. The molecule has 0 radical (unpaired) electrons. The molecule has 0 aliphatic rings. The Morgan fingerprint density at radius 3 is 2.68 bits per heavy atom. The van der Waals surface area contributed by atoms with Gasteiger partial charge < -0.3 is 10.6 Å². The summed E-state index contributed by atoms with van der Waals surface area (Å²) in [7, 11) is 0. The maximum absolute atomic E-state index is 12.3. The maximum atomic E-state index is 12.3. The van der Waals surface area contributed by atoms with Gasteiger partial charge in [0.1, 0.15) is 5.01 Å². The van der Waals surface area contributed by atoms with Crippen molar-refractivity contribution in [2.45, 2.75) is 13.0 Å². The summed E-state index contributed by atoms with van der Waals surface area (Å²) in [6, 6.07) is 9.63. The normalized spacial score (nSPS) is 10.7. The molecule has 5 nitrogen and oxygen atoms in total. The molecule has 0 atom stereocenters. The first-order valence-electron chi connectivity index (χ1n) is 6.84. The smallest absolute Gasteiger partial charge is 0.246 e. The lowest BCUT2D eigenvalue weighted by atomic mass is 10.2. The van der Waals surface area contributed by atoms with Crippen LogP contribution in [0.15, 0.2) is 48.0 Å². The summed E-state index contributed by atoms with van der Waals surface area (Å²) in [6.07, 6.45) is 4.98. The second-order valence-electron chi connectivity index (χ2n) is 4.67. The van der Waals surface area contributed by atoms with Gasteiger partial charge in [-0.1, -0.05) is 30.3 Å². The van der Waals surface area contributed by atoms with Gasteiger partial charge in [0, 0.05) is 37.2 Å². The molecule has 6 heteroatoms. The Morgan fingerprint density at radius 2 is 2.05 bits per heavy atom. The van der Waals surface area contributed by atoms with Crippen LogP contribution in [-0.4, -0.2) is 28.2 Å². The van der Waals surface area contributed by atoms with Crippen molar-refractivity contribution in [3.63, 3.8) is 0 Å². The van der Waals surface area contributed by atoms with E-state index < -0.39 is 5.91 Å². The SMILES string of the molecule is NC(=O)CCN(Cc1ccccc1)C(=O)/C=C/c1nccs1. The Kier molecular flexibility index (Phi) is 5.85. The fourth-order valence-corrected chi connectivity index (χ4v) is 2.41. The van der Waals surface area contributed by atoms with Gasteiger partial charge in [-0.2, -0.15) is 0 Å². The number of benzene rings is 1. The lowest BCUT2D eigenvalue weighted by molar-refractivity contribution is -0.127. The fourth-order valence-electron chi connectivity index (χ4n) is 1.88. The summed E-state index contributed by atoms with van der Waals surface area (Å²) in [5.74, 6) is -0.588. The van der Waals surface area contributed by atoms with Gasteiger partial charge >= 0.3 is 0 Å². The van der Waals surface area contributed by atoms with Gasteiger partial charge in [0.15, 0.2) is 0 Å². The number of hydrogen-bond acceptors (Lipinski definition) is 4. The van der Waals surface area contributed by atoms with Crippen LogP contribution in [0.1, 0.15) is 17.0 Å². The van der Waals surface area contributed by atoms with Crippen molar-refractivity contribution >= 4 is 29.2 Å². The van der Waals surface area contributed by atoms with Crippen LogP contribution in [0.5, 0.6) is 0 Å². The minimum absolute atomic E-state index is 0.143. The summed E-state index contributed by atoms with van der Waals surface area (Å²) in [5, 5.41) is 2.61. The van der Waals surface area contributed by atoms with Crippen LogP contribution in [0.25, 0.3) is 6.08 Å². The van der Waals surface area contributed by atoms with E-state index in [1.54, 1.807) is 17.2 Å². The van der Waals surface area contributed by atoms with Gasteiger partial charge in [-0.05, 0) is 11.6 Å². The van der Waals surface area contributed by atoms with Crippen LogP contribution >= 0.6 is 11.3 Å².